The van der Waals surface area contributed by atoms with Crippen molar-refractivity contribution in [2.45, 2.75) is 43.1 Å². The number of nitrogens with zero attached hydrogens (tertiary/aromatic N) is 2. The molecule has 1 aliphatic rings. The van der Waals surface area contributed by atoms with Gasteiger partial charge in [-0.3, -0.25) is 0 Å². The van der Waals surface area contributed by atoms with Gasteiger partial charge in [0.05, 0.1) is 74.7 Å². The van der Waals surface area contributed by atoms with Gasteiger partial charge in [0.15, 0.2) is 0 Å². The van der Waals surface area contributed by atoms with Crippen molar-refractivity contribution in [2.75, 3.05) is 56.4 Å². The first-order valence-corrected chi connectivity index (χ1v) is 14.2. The molecule has 1 unspecified atom stereocenters. The molecule has 0 N–H and O–H groups in total. The summed E-state index contributed by atoms with van der Waals surface area (Å²) in [5.74, 6) is -1.59. The Morgan fingerprint density at radius 3 is 1.33 bits per heavy atom. The first-order valence-electron chi connectivity index (χ1n) is 14.2. The number of hydrogen-bond donors (Lipinski definition) is 0. The van der Waals surface area contributed by atoms with Crippen molar-refractivity contribution in [3.05, 3.63) is 107 Å². The Kier molecular flexibility index (Phi) is 12.4. The fourth-order valence-electron chi connectivity index (χ4n) is 5.31. The first-order chi connectivity index (χ1) is 19.4. The van der Waals surface area contributed by atoms with Crippen LogP contribution < -0.4 is 10.0 Å². The van der Waals surface area contributed by atoms with Crippen LogP contribution in [0.2, 0.25) is 0 Å². The fourth-order valence-corrected chi connectivity index (χ4v) is 5.31. The summed E-state index contributed by atoms with van der Waals surface area (Å²) in [6.07, 6.45) is 2.58. The van der Waals surface area contributed by atoms with Crippen LogP contribution in [0.25, 0.3) is 0 Å². The van der Waals surface area contributed by atoms with E-state index in [1.807, 2.05) is 0 Å². The molecular formula is C33H46BF3N2O3. The second-order valence-electron chi connectivity index (χ2n) is 13.6. The minimum absolute atomic E-state index is 0.213. The van der Waals surface area contributed by atoms with Gasteiger partial charge in [-0.05, 0) is 65.9 Å². The molecule has 3 aromatic rings. The fraction of sp³-hybridized carbons (Fsp3) is 0.455. The predicted molar refractivity (Wildman–Crippen MR) is 159 cm³/mol. The Hall–Kier alpha value is -2.69. The molecule has 0 spiro atoms. The average molecular weight is 587 g/mol. The average Bonchev–Trinajstić information content (AvgIpc) is 3.02. The highest BCUT2D eigenvalue weighted by atomic mass is 19.1. The number of rotatable bonds is 5. The van der Waals surface area contributed by atoms with E-state index in [-0.39, 0.29) is 6.42 Å². The second-order valence-corrected chi connectivity index (χ2v) is 13.6. The van der Waals surface area contributed by atoms with Gasteiger partial charge in [0.25, 0.3) is 0 Å². The van der Waals surface area contributed by atoms with E-state index in [0.29, 0.717) is 36.0 Å². The Labute approximate surface area is 250 Å². The number of hydrogen-bond acceptors (Lipinski definition) is 3. The normalized spacial score (nSPS) is 18.5. The maximum atomic E-state index is 14.5. The Balaban J connectivity index is 0.000000533. The SMILES string of the molecule is C[N+](C)(C)C.C[N+](C)(C)C.[O-]B([O-])OC1(c2cccc(F)c2)CCCCCC1(c1cccc(F)c1)c1cccc(F)c1. The Morgan fingerprint density at radius 1 is 0.595 bits per heavy atom. The quantitative estimate of drug-likeness (QED) is 0.249. The van der Waals surface area contributed by atoms with Gasteiger partial charge in [-0.15, -0.1) is 0 Å². The number of benzene rings is 3. The van der Waals surface area contributed by atoms with Gasteiger partial charge in [-0.2, -0.15) is 0 Å². The van der Waals surface area contributed by atoms with Crippen molar-refractivity contribution in [2.24, 2.45) is 0 Å². The van der Waals surface area contributed by atoms with E-state index in [1.54, 1.807) is 18.2 Å². The van der Waals surface area contributed by atoms with Crippen LogP contribution in [0.5, 0.6) is 0 Å². The van der Waals surface area contributed by atoms with Crippen molar-refractivity contribution in [1.29, 1.82) is 0 Å². The Morgan fingerprint density at radius 2 is 0.952 bits per heavy atom. The first kappa shape index (κ1) is 35.5. The zero-order valence-electron chi connectivity index (χ0n) is 26.3. The predicted octanol–water partition coefficient (Wildman–Crippen LogP) is 4.62. The summed E-state index contributed by atoms with van der Waals surface area (Å²) in [5, 5.41) is 24.1. The summed E-state index contributed by atoms with van der Waals surface area (Å²) in [6, 6.07) is 17.2. The van der Waals surface area contributed by atoms with E-state index < -0.39 is 35.8 Å². The third kappa shape index (κ3) is 10.2. The van der Waals surface area contributed by atoms with E-state index in [0.717, 1.165) is 15.4 Å². The summed E-state index contributed by atoms with van der Waals surface area (Å²) in [7, 11) is 14.3. The van der Waals surface area contributed by atoms with Gasteiger partial charge < -0.3 is 23.7 Å². The number of quaternary nitrogens is 2. The molecule has 3 aromatic carbocycles. The molecule has 5 nitrogen and oxygen atoms in total. The molecule has 9 heteroatoms. The molecule has 4 rings (SSSR count). The molecule has 1 saturated carbocycles. The molecule has 0 radical (unpaired) electrons. The van der Waals surface area contributed by atoms with Crippen LogP contribution in [-0.4, -0.2) is 72.7 Å². The van der Waals surface area contributed by atoms with Crippen LogP contribution in [0.15, 0.2) is 72.8 Å². The van der Waals surface area contributed by atoms with Crippen molar-refractivity contribution in [1.82, 2.24) is 0 Å². The van der Waals surface area contributed by atoms with Gasteiger partial charge in [0.2, 0.25) is 0 Å². The summed E-state index contributed by atoms with van der Waals surface area (Å²) in [5.41, 5.74) is -1.75. The van der Waals surface area contributed by atoms with Gasteiger partial charge in [-0.1, -0.05) is 55.7 Å². The lowest BCUT2D eigenvalue weighted by Crippen LogP contribution is -2.60. The molecular weight excluding hydrogens is 540 g/mol. The topological polar surface area (TPSA) is 55.3 Å². The second kappa shape index (κ2) is 14.7. The van der Waals surface area contributed by atoms with E-state index in [9.17, 15) is 23.2 Å². The largest absolute Gasteiger partial charge is 0.871 e. The third-order valence-electron chi connectivity index (χ3n) is 6.49. The van der Waals surface area contributed by atoms with E-state index in [1.165, 1.54) is 54.6 Å². The van der Waals surface area contributed by atoms with Crippen LogP contribution in [0.4, 0.5) is 13.2 Å². The molecule has 1 aliphatic carbocycles. The summed E-state index contributed by atoms with van der Waals surface area (Å²) >= 11 is 0. The highest BCUT2D eigenvalue weighted by Crippen LogP contribution is 2.57. The van der Waals surface area contributed by atoms with Gasteiger partial charge in [0, 0.05) is 0 Å². The van der Waals surface area contributed by atoms with Crippen LogP contribution >= 0.6 is 0 Å². The monoisotopic (exact) mass is 586 g/mol. The van der Waals surface area contributed by atoms with Crippen molar-refractivity contribution >= 4 is 7.32 Å². The van der Waals surface area contributed by atoms with Crippen LogP contribution in [0.1, 0.15) is 48.8 Å². The smallest absolute Gasteiger partial charge is 0.123 e. The lowest BCUT2D eigenvalue weighted by atomic mass is 9.57. The van der Waals surface area contributed by atoms with Crippen LogP contribution in [0, 0.1) is 17.5 Å². The highest BCUT2D eigenvalue weighted by molar-refractivity contribution is 6.28. The van der Waals surface area contributed by atoms with E-state index in [2.05, 4.69) is 56.4 Å². The molecule has 1 fully saturated rings. The van der Waals surface area contributed by atoms with E-state index >= 15 is 0 Å². The molecule has 0 aliphatic heterocycles. The lowest BCUT2D eigenvalue weighted by Gasteiger charge is -2.55. The molecule has 0 heterocycles. The molecule has 0 aromatic heterocycles. The maximum Gasteiger partial charge on any atom is 0.123 e. The van der Waals surface area contributed by atoms with Gasteiger partial charge in [0.1, 0.15) is 17.5 Å². The molecule has 230 valence electrons. The van der Waals surface area contributed by atoms with Crippen molar-refractivity contribution in [3.8, 4) is 0 Å². The van der Waals surface area contributed by atoms with Gasteiger partial charge in [-0.25, -0.2) is 13.2 Å². The minimum Gasteiger partial charge on any atom is -0.871 e. The van der Waals surface area contributed by atoms with Gasteiger partial charge >= 0.3 is 0 Å². The van der Waals surface area contributed by atoms with Crippen LogP contribution in [-0.2, 0) is 15.7 Å². The summed E-state index contributed by atoms with van der Waals surface area (Å²) in [4.78, 5) is 0. The molecule has 42 heavy (non-hydrogen) atoms. The van der Waals surface area contributed by atoms with Crippen LogP contribution in [0.3, 0.4) is 0 Å². The maximum absolute atomic E-state index is 14.5. The lowest BCUT2D eigenvalue weighted by molar-refractivity contribution is -0.849. The molecule has 0 saturated heterocycles. The third-order valence-corrected chi connectivity index (χ3v) is 6.49. The van der Waals surface area contributed by atoms with Crippen molar-refractivity contribution < 1.29 is 36.8 Å². The molecule has 1 atom stereocenters. The standard InChI is InChI=1S/C25H22BF3O3.2C4H12N/c27-21-10-4-7-18(15-21)24(19-8-5-11-22(28)16-19)13-2-1-3-14-25(24,32-26(30)31)20-9-6-12-23(29)17-20;2*1-5(2,3)4/h4-12,15-17H,1-3,13-14H2;2*1-4H3/q-2;2*+1. The van der Waals surface area contributed by atoms with E-state index in [4.69, 9.17) is 4.65 Å². The zero-order chi connectivity index (χ0) is 31.8. The molecule has 0 amide bonds. The Bertz CT molecular complexity index is 1210. The summed E-state index contributed by atoms with van der Waals surface area (Å²) in [6.45, 7) is 0. The summed E-state index contributed by atoms with van der Waals surface area (Å²) < 4.78 is 51.0. The zero-order valence-corrected chi connectivity index (χ0v) is 26.3. The molecule has 0 bridgehead atoms. The highest BCUT2D eigenvalue weighted by Gasteiger charge is 2.55. The minimum atomic E-state index is -2.68. The number of halogens is 3. The van der Waals surface area contributed by atoms with Crippen molar-refractivity contribution in [3.63, 3.8) is 0 Å².